The molecule has 1 N–H and O–H groups in total. The number of likely N-dealkylation sites (tertiary alicyclic amines) is 1. The van der Waals surface area contributed by atoms with Gasteiger partial charge in [0.15, 0.2) is 11.5 Å². The molecule has 1 amide bonds. The zero-order valence-electron chi connectivity index (χ0n) is 15.1. The van der Waals surface area contributed by atoms with Gasteiger partial charge >= 0.3 is 5.97 Å². The molecular formula is C18H25NO6. The van der Waals surface area contributed by atoms with Crippen LogP contribution in [0.3, 0.4) is 0 Å². The van der Waals surface area contributed by atoms with E-state index < -0.39 is 11.9 Å². The Labute approximate surface area is 147 Å². The van der Waals surface area contributed by atoms with Crippen molar-refractivity contribution in [2.45, 2.75) is 19.8 Å². The largest absolute Gasteiger partial charge is 0.493 e. The van der Waals surface area contributed by atoms with Crippen molar-refractivity contribution in [3.63, 3.8) is 0 Å². The van der Waals surface area contributed by atoms with E-state index >= 15 is 0 Å². The maximum atomic E-state index is 12.4. The monoisotopic (exact) mass is 351 g/mol. The number of carboxylic acids is 1. The lowest BCUT2D eigenvalue weighted by molar-refractivity contribution is -0.142. The predicted molar refractivity (Wildman–Crippen MR) is 91.3 cm³/mol. The second-order valence-electron chi connectivity index (χ2n) is 6.25. The summed E-state index contributed by atoms with van der Waals surface area (Å²) < 4.78 is 15.9. The van der Waals surface area contributed by atoms with Crippen LogP contribution in [0, 0.1) is 11.8 Å². The third-order valence-electron chi connectivity index (χ3n) is 4.63. The molecule has 0 bridgehead atoms. The van der Waals surface area contributed by atoms with Gasteiger partial charge in [0, 0.05) is 19.5 Å². The van der Waals surface area contributed by atoms with E-state index in [1.54, 1.807) is 19.1 Å². The van der Waals surface area contributed by atoms with Gasteiger partial charge in [-0.3, -0.25) is 9.59 Å². The Morgan fingerprint density at radius 1 is 1.12 bits per heavy atom. The van der Waals surface area contributed by atoms with Crippen molar-refractivity contribution < 1.29 is 28.9 Å². The van der Waals surface area contributed by atoms with Gasteiger partial charge in [-0.25, -0.2) is 0 Å². The summed E-state index contributed by atoms with van der Waals surface area (Å²) >= 11 is 0. The number of ether oxygens (including phenoxy) is 3. The third-order valence-corrected chi connectivity index (χ3v) is 4.63. The fraction of sp³-hybridized carbons (Fsp3) is 0.556. The number of nitrogens with zero attached hydrogens (tertiary/aromatic N) is 1. The summed E-state index contributed by atoms with van der Waals surface area (Å²) in [5, 5.41) is 9.18. The van der Waals surface area contributed by atoms with Crippen molar-refractivity contribution in [3.05, 3.63) is 17.7 Å². The van der Waals surface area contributed by atoms with Crippen LogP contribution >= 0.6 is 0 Å². The molecule has 1 aliphatic rings. The van der Waals surface area contributed by atoms with Gasteiger partial charge in [0.25, 0.3) is 0 Å². The third kappa shape index (κ3) is 4.15. The number of amides is 1. The Morgan fingerprint density at radius 3 is 2.16 bits per heavy atom. The lowest BCUT2D eigenvalue weighted by Gasteiger charge is -2.17. The van der Waals surface area contributed by atoms with Crippen molar-refractivity contribution in [1.29, 1.82) is 0 Å². The number of aliphatic carboxylic acids is 1. The minimum Gasteiger partial charge on any atom is -0.493 e. The zero-order chi connectivity index (χ0) is 18.6. The average Bonchev–Trinajstić information content (AvgIpc) is 3.00. The molecule has 1 heterocycles. The molecule has 1 aliphatic heterocycles. The van der Waals surface area contributed by atoms with Crippen molar-refractivity contribution in [2.75, 3.05) is 34.4 Å². The zero-order valence-corrected chi connectivity index (χ0v) is 15.1. The number of methoxy groups -OCH3 is 3. The highest BCUT2D eigenvalue weighted by molar-refractivity contribution is 5.79. The molecule has 0 aliphatic carbocycles. The van der Waals surface area contributed by atoms with Crippen molar-refractivity contribution in [1.82, 2.24) is 4.90 Å². The van der Waals surface area contributed by atoms with Gasteiger partial charge in [-0.05, 0) is 30.0 Å². The summed E-state index contributed by atoms with van der Waals surface area (Å²) in [7, 11) is 4.63. The Bertz CT molecular complexity index is 619. The van der Waals surface area contributed by atoms with Gasteiger partial charge in [-0.1, -0.05) is 6.92 Å². The van der Waals surface area contributed by atoms with Crippen LogP contribution in [0.2, 0.25) is 0 Å². The Kier molecular flexibility index (Phi) is 6.12. The van der Waals surface area contributed by atoms with Crippen molar-refractivity contribution >= 4 is 11.9 Å². The van der Waals surface area contributed by atoms with Gasteiger partial charge in [0.2, 0.25) is 11.7 Å². The number of aryl methyl sites for hydroxylation is 1. The maximum Gasteiger partial charge on any atom is 0.308 e. The van der Waals surface area contributed by atoms with Crippen LogP contribution in [0.15, 0.2) is 12.1 Å². The minimum absolute atomic E-state index is 0.0253. The number of carboxylic acid groups (broad SMARTS) is 1. The van der Waals surface area contributed by atoms with Gasteiger partial charge in [0.1, 0.15) is 0 Å². The lowest BCUT2D eigenvalue weighted by atomic mass is 9.99. The smallest absolute Gasteiger partial charge is 0.308 e. The van der Waals surface area contributed by atoms with Crippen LogP contribution in [0.5, 0.6) is 17.2 Å². The first-order chi connectivity index (χ1) is 11.9. The Morgan fingerprint density at radius 2 is 1.72 bits per heavy atom. The summed E-state index contributed by atoms with van der Waals surface area (Å²) in [6.45, 7) is 2.64. The summed E-state index contributed by atoms with van der Waals surface area (Å²) in [5.41, 5.74) is 0.893. The van der Waals surface area contributed by atoms with Crippen LogP contribution in [0.1, 0.15) is 18.9 Å². The van der Waals surface area contributed by atoms with Crippen LogP contribution in [-0.2, 0) is 16.0 Å². The number of benzene rings is 1. The second kappa shape index (κ2) is 8.09. The van der Waals surface area contributed by atoms with E-state index in [2.05, 4.69) is 0 Å². The minimum atomic E-state index is -0.840. The summed E-state index contributed by atoms with van der Waals surface area (Å²) in [4.78, 5) is 25.2. The molecule has 1 fully saturated rings. The Balaban J connectivity index is 2.04. The number of rotatable bonds is 7. The van der Waals surface area contributed by atoms with Crippen molar-refractivity contribution in [3.8, 4) is 17.2 Å². The topological polar surface area (TPSA) is 85.3 Å². The molecule has 138 valence electrons. The van der Waals surface area contributed by atoms with E-state index in [1.807, 2.05) is 19.1 Å². The fourth-order valence-electron chi connectivity index (χ4n) is 3.18. The number of hydrogen-bond donors (Lipinski definition) is 1. The first kappa shape index (κ1) is 18.9. The standard InChI is InChI=1S/C18H25NO6/c1-11-9-19(10-13(11)18(21)22)16(20)6-5-12-7-14(23-2)17(25-4)15(8-12)24-3/h7-8,11,13H,5-6,9-10H2,1-4H3,(H,21,22)/t11-,13-/m1/s1. The molecule has 1 aromatic rings. The molecular weight excluding hydrogens is 326 g/mol. The van der Waals surface area contributed by atoms with Gasteiger partial charge in [0.05, 0.1) is 27.2 Å². The molecule has 2 atom stereocenters. The average molecular weight is 351 g/mol. The first-order valence-corrected chi connectivity index (χ1v) is 8.20. The maximum absolute atomic E-state index is 12.4. The molecule has 0 radical (unpaired) electrons. The first-order valence-electron chi connectivity index (χ1n) is 8.20. The highest BCUT2D eigenvalue weighted by Crippen LogP contribution is 2.38. The Hall–Kier alpha value is -2.44. The summed E-state index contributed by atoms with van der Waals surface area (Å²) in [6.07, 6.45) is 0.815. The van der Waals surface area contributed by atoms with E-state index in [1.165, 1.54) is 7.11 Å². The second-order valence-corrected chi connectivity index (χ2v) is 6.25. The molecule has 0 saturated carbocycles. The quantitative estimate of drug-likeness (QED) is 0.807. The predicted octanol–water partition coefficient (Wildman–Crippen LogP) is 1.82. The highest BCUT2D eigenvalue weighted by Gasteiger charge is 2.36. The molecule has 0 aromatic heterocycles. The molecule has 1 saturated heterocycles. The summed E-state index contributed by atoms with van der Waals surface area (Å²) in [6, 6.07) is 3.64. The number of carbonyl (C=O) groups is 2. The molecule has 0 spiro atoms. The van der Waals surface area contributed by atoms with E-state index in [0.717, 1.165) is 5.56 Å². The summed E-state index contributed by atoms with van der Waals surface area (Å²) in [5.74, 6) is 0.220. The normalized spacial score (nSPS) is 19.6. The number of carbonyl (C=O) groups excluding carboxylic acids is 1. The van der Waals surface area contributed by atoms with E-state index in [-0.39, 0.29) is 18.4 Å². The molecule has 7 nitrogen and oxygen atoms in total. The van der Waals surface area contributed by atoms with Crippen LogP contribution in [-0.4, -0.2) is 56.3 Å². The fourth-order valence-corrected chi connectivity index (χ4v) is 3.18. The highest BCUT2D eigenvalue weighted by atomic mass is 16.5. The molecule has 0 unspecified atom stereocenters. The van der Waals surface area contributed by atoms with E-state index in [4.69, 9.17) is 14.2 Å². The number of hydrogen-bond acceptors (Lipinski definition) is 5. The van der Waals surface area contributed by atoms with Gasteiger partial charge in [-0.2, -0.15) is 0 Å². The molecule has 7 heteroatoms. The van der Waals surface area contributed by atoms with Crippen LogP contribution in [0.4, 0.5) is 0 Å². The molecule has 1 aromatic carbocycles. The molecule has 2 rings (SSSR count). The van der Waals surface area contributed by atoms with E-state index in [0.29, 0.717) is 36.6 Å². The lowest BCUT2D eigenvalue weighted by Crippen LogP contribution is -2.30. The van der Waals surface area contributed by atoms with Crippen molar-refractivity contribution in [2.24, 2.45) is 11.8 Å². The molecule has 25 heavy (non-hydrogen) atoms. The van der Waals surface area contributed by atoms with Crippen LogP contribution in [0.25, 0.3) is 0 Å². The van der Waals surface area contributed by atoms with Gasteiger partial charge in [-0.15, -0.1) is 0 Å². The van der Waals surface area contributed by atoms with Crippen LogP contribution < -0.4 is 14.2 Å². The van der Waals surface area contributed by atoms with Gasteiger partial charge < -0.3 is 24.2 Å². The van der Waals surface area contributed by atoms with E-state index in [9.17, 15) is 14.7 Å². The SMILES string of the molecule is COc1cc(CCC(=O)N2C[C@@H](C)[C@H](C(=O)O)C2)cc(OC)c1OC.